The van der Waals surface area contributed by atoms with E-state index >= 15 is 0 Å². The molecule has 5 heteroatoms. The summed E-state index contributed by atoms with van der Waals surface area (Å²) in [5.74, 6) is -0.0444. The summed E-state index contributed by atoms with van der Waals surface area (Å²) in [7, 11) is 0. The summed E-state index contributed by atoms with van der Waals surface area (Å²) in [5.41, 5.74) is 0. The molecule has 2 N–H and O–H groups in total. The average Bonchev–Trinajstić information content (AvgIpc) is 2.85. The van der Waals surface area contributed by atoms with Gasteiger partial charge < -0.3 is 19.7 Å². The smallest absolute Gasteiger partial charge is 0.184 e. The van der Waals surface area contributed by atoms with E-state index in [1.807, 2.05) is 6.92 Å². The van der Waals surface area contributed by atoms with E-state index in [-0.39, 0.29) is 30.3 Å². The molecule has 0 radical (unpaired) electrons. The summed E-state index contributed by atoms with van der Waals surface area (Å²) in [5, 5.41) is 20.0. The molecular formula is C32H62O5. The molecule has 0 aliphatic carbocycles. The summed E-state index contributed by atoms with van der Waals surface area (Å²) in [6.07, 6.45) is 23.8. The van der Waals surface area contributed by atoms with Crippen LogP contribution >= 0.6 is 0 Å². The molecule has 0 aromatic carbocycles. The van der Waals surface area contributed by atoms with Gasteiger partial charge in [0.25, 0.3) is 0 Å². The van der Waals surface area contributed by atoms with E-state index in [0.29, 0.717) is 0 Å². The Morgan fingerprint density at radius 3 is 1.57 bits per heavy atom. The van der Waals surface area contributed by atoms with Crippen LogP contribution in [0.25, 0.3) is 0 Å². The van der Waals surface area contributed by atoms with Crippen LogP contribution in [-0.2, 0) is 14.3 Å². The van der Waals surface area contributed by atoms with Crippen molar-refractivity contribution in [2.75, 3.05) is 0 Å². The van der Waals surface area contributed by atoms with Gasteiger partial charge in [-0.05, 0) is 27.2 Å². The second kappa shape index (κ2) is 22.3. The predicted octanol–water partition coefficient (Wildman–Crippen LogP) is 8.28. The molecule has 0 saturated carbocycles. The third-order valence-corrected chi connectivity index (χ3v) is 8.24. The van der Waals surface area contributed by atoms with Crippen molar-refractivity contribution in [2.24, 2.45) is 5.92 Å². The number of carbonyl (C=O) groups is 1. The molecule has 0 amide bonds. The molecular weight excluding hydrogens is 464 g/mol. The number of aliphatic hydroxyl groups is 2. The molecule has 220 valence electrons. The van der Waals surface area contributed by atoms with Crippen molar-refractivity contribution in [3.8, 4) is 0 Å². The minimum absolute atomic E-state index is 0.133. The number of ketones is 1. The third-order valence-electron chi connectivity index (χ3n) is 8.24. The van der Waals surface area contributed by atoms with E-state index in [0.717, 1.165) is 19.3 Å². The van der Waals surface area contributed by atoms with Gasteiger partial charge in [-0.3, -0.25) is 4.79 Å². The second-order valence-electron chi connectivity index (χ2n) is 11.8. The highest BCUT2D eigenvalue weighted by atomic mass is 16.7. The monoisotopic (exact) mass is 526 g/mol. The van der Waals surface area contributed by atoms with Crippen LogP contribution in [0.15, 0.2) is 0 Å². The number of unbranched alkanes of at least 4 members (excludes halogenated alkanes) is 18. The first kappa shape index (κ1) is 34.5. The minimum Gasteiger partial charge on any atom is -0.390 e. The van der Waals surface area contributed by atoms with Crippen molar-refractivity contribution in [3.05, 3.63) is 0 Å². The first-order valence-electron chi connectivity index (χ1n) is 16.0. The van der Waals surface area contributed by atoms with Crippen LogP contribution < -0.4 is 0 Å². The van der Waals surface area contributed by atoms with Crippen LogP contribution in [0.5, 0.6) is 0 Å². The number of carbonyl (C=O) groups excluding carboxylic acids is 1. The number of rotatable bonds is 24. The zero-order valence-corrected chi connectivity index (χ0v) is 24.9. The lowest BCUT2D eigenvalue weighted by Gasteiger charge is -2.37. The fraction of sp³-hybridized carbons (Fsp3) is 0.969. The van der Waals surface area contributed by atoms with Crippen molar-refractivity contribution >= 4 is 5.78 Å². The topological polar surface area (TPSA) is 76.0 Å². The van der Waals surface area contributed by atoms with Gasteiger partial charge in [0.1, 0.15) is 11.9 Å². The van der Waals surface area contributed by atoms with Crippen LogP contribution in [0.1, 0.15) is 163 Å². The van der Waals surface area contributed by atoms with Gasteiger partial charge in [0.15, 0.2) is 6.29 Å². The van der Waals surface area contributed by atoms with E-state index in [2.05, 4.69) is 6.92 Å². The van der Waals surface area contributed by atoms with E-state index in [4.69, 9.17) is 9.47 Å². The highest BCUT2D eigenvalue weighted by molar-refractivity contribution is 5.78. The van der Waals surface area contributed by atoms with E-state index < -0.39 is 18.5 Å². The van der Waals surface area contributed by atoms with E-state index in [9.17, 15) is 15.0 Å². The number of Topliss-reactive ketones (excluding diaryl/α,β-unsaturated/α-hetero) is 1. The first-order valence-corrected chi connectivity index (χ1v) is 16.0. The van der Waals surface area contributed by atoms with Gasteiger partial charge >= 0.3 is 0 Å². The number of ether oxygens (including phenoxy) is 2. The average molecular weight is 527 g/mol. The van der Waals surface area contributed by atoms with Crippen molar-refractivity contribution in [2.45, 2.75) is 193 Å². The van der Waals surface area contributed by atoms with Crippen LogP contribution in [0.3, 0.4) is 0 Å². The molecule has 0 spiro atoms. The lowest BCUT2D eigenvalue weighted by atomic mass is 9.92. The van der Waals surface area contributed by atoms with Gasteiger partial charge in [-0.1, -0.05) is 129 Å². The van der Waals surface area contributed by atoms with E-state index in [1.165, 1.54) is 109 Å². The Morgan fingerprint density at radius 1 is 0.757 bits per heavy atom. The minimum atomic E-state index is -0.865. The fourth-order valence-electron chi connectivity index (χ4n) is 5.58. The molecule has 6 atom stereocenters. The molecule has 0 aromatic rings. The summed E-state index contributed by atoms with van der Waals surface area (Å²) in [6.45, 7) is 7.59. The fourth-order valence-corrected chi connectivity index (χ4v) is 5.58. The molecule has 1 saturated heterocycles. The predicted molar refractivity (Wildman–Crippen MR) is 154 cm³/mol. The number of aliphatic hydroxyl groups excluding tert-OH is 2. The maximum atomic E-state index is 12.2. The largest absolute Gasteiger partial charge is 0.390 e. The molecule has 1 aliphatic heterocycles. The van der Waals surface area contributed by atoms with Gasteiger partial charge in [0, 0.05) is 12.3 Å². The SMILES string of the molecule is CCCCCCCCCCCCCCCCCCCCCC(C(C)=O)[C@@H](C)O[C@@H]1OC(C)[C@H](O)CC1O. The first-order chi connectivity index (χ1) is 17.9. The number of hydrogen-bond donors (Lipinski definition) is 2. The lowest BCUT2D eigenvalue weighted by Crippen LogP contribution is -2.49. The summed E-state index contributed by atoms with van der Waals surface area (Å²) in [4.78, 5) is 12.2. The Kier molecular flexibility index (Phi) is 20.9. The van der Waals surface area contributed by atoms with Crippen molar-refractivity contribution < 1.29 is 24.5 Å². The Bertz CT molecular complexity index is 539. The Balaban J connectivity index is 1.96. The van der Waals surface area contributed by atoms with Crippen LogP contribution in [0.2, 0.25) is 0 Å². The standard InChI is InChI=1S/C32H62O5/c1-5-6-7-8-9-10-11-12-13-14-15-16-17-18-19-20-21-22-23-24-29(26(2)33)27(3)36-32-31(35)25-30(34)28(4)37-32/h27-32,34-35H,5-25H2,1-4H3/t27-,28?,29?,30-,31?,32-/m1/s1. The van der Waals surface area contributed by atoms with Crippen molar-refractivity contribution in [1.82, 2.24) is 0 Å². The van der Waals surface area contributed by atoms with E-state index in [1.54, 1.807) is 13.8 Å². The molecule has 3 unspecified atom stereocenters. The zero-order chi connectivity index (χ0) is 27.3. The molecule has 1 aliphatic rings. The maximum absolute atomic E-state index is 12.2. The number of hydrogen-bond acceptors (Lipinski definition) is 5. The molecule has 37 heavy (non-hydrogen) atoms. The highest BCUT2D eigenvalue weighted by Crippen LogP contribution is 2.26. The lowest BCUT2D eigenvalue weighted by molar-refractivity contribution is -0.277. The van der Waals surface area contributed by atoms with Crippen LogP contribution in [0.4, 0.5) is 0 Å². The van der Waals surface area contributed by atoms with Gasteiger partial charge in [-0.2, -0.15) is 0 Å². The molecule has 1 fully saturated rings. The molecule has 0 aromatic heterocycles. The summed E-state index contributed by atoms with van der Waals surface area (Å²) in [6, 6.07) is 0. The normalized spacial score (nSPS) is 23.7. The summed E-state index contributed by atoms with van der Waals surface area (Å²) < 4.78 is 11.6. The van der Waals surface area contributed by atoms with Crippen molar-refractivity contribution in [3.63, 3.8) is 0 Å². The van der Waals surface area contributed by atoms with Gasteiger partial charge in [-0.25, -0.2) is 0 Å². The van der Waals surface area contributed by atoms with Gasteiger partial charge in [0.2, 0.25) is 0 Å². The Labute approximate surface area is 229 Å². The third kappa shape index (κ3) is 16.9. The van der Waals surface area contributed by atoms with Crippen molar-refractivity contribution in [1.29, 1.82) is 0 Å². The second-order valence-corrected chi connectivity index (χ2v) is 11.8. The van der Waals surface area contributed by atoms with Gasteiger partial charge in [-0.15, -0.1) is 0 Å². The molecule has 1 heterocycles. The maximum Gasteiger partial charge on any atom is 0.184 e. The highest BCUT2D eigenvalue weighted by Gasteiger charge is 2.37. The van der Waals surface area contributed by atoms with Gasteiger partial charge in [0.05, 0.1) is 18.3 Å². The van der Waals surface area contributed by atoms with Crippen LogP contribution in [-0.4, -0.2) is 46.7 Å². The Hall–Kier alpha value is -0.490. The van der Waals surface area contributed by atoms with Crippen LogP contribution in [0, 0.1) is 5.92 Å². The summed E-state index contributed by atoms with van der Waals surface area (Å²) >= 11 is 0. The Morgan fingerprint density at radius 2 is 1.16 bits per heavy atom. The zero-order valence-electron chi connectivity index (χ0n) is 24.9. The molecule has 0 bridgehead atoms. The quantitative estimate of drug-likeness (QED) is 0.124. The molecule has 1 rings (SSSR count). The molecule has 5 nitrogen and oxygen atoms in total.